The first kappa shape index (κ1) is 20.5. The van der Waals surface area contributed by atoms with Gasteiger partial charge in [-0.15, -0.1) is 10.2 Å². The Morgan fingerprint density at radius 2 is 1.91 bits per heavy atom. The second-order valence-electron chi connectivity index (χ2n) is 8.36. The number of fused-ring (bicyclic) bond motifs is 1. The molecule has 4 heterocycles. The molecule has 0 bridgehead atoms. The maximum atomic E-state index is 6.12. The molecule has 1 saturated heterocycles. The SMILES string of the molecule is c1ccc(C2=NC[C@@H](CSc3nnc(-c4c[nH]c5ccccc45)n3C[C@H]3CCCO3)O2)cc1. The van der Waals surface area contributed by atoms with Gasteiger partial charge < -0.3 is 14.5 Å². The van der Waals surface area contributed by atoms with Crippen molar-refractivity contribution in [2.75, 3.05) is 18.9 Å². The third kappa shape index (κ3) is 4.16. The summed E-state index contributed by atoms with van der Waals surface area (Å²) in [5, 5.41) is 11.2. The summed E-state index contributed by atoms with van der Waals surface area (Å²) in [6.45, 7) is 2.24. The highest BCUT2D eigenvalue weighted by atomic mass is 32.2. The summed E-state index contributed by atoms with van der Waals surface area (Å²) in [5.41, 5.74) is 3.18. The molecular formula is C25H25N5O2S. The van der Waals surface area contributed by atoms with Crippen molar-refractivity contribution in [1.82, 2.24) is 19.7 Å². The molecule has 2 aromatic carbocycles. The van der Waals surface area contributed by atoms with Gasteiger partial charge in [0.15, 0.2) is 11.0 Å². The van der Waals surface area contributed by atoms with Crippen LogP contribution in [0.4, 0.5) is 0 Å². The lowest BCUT2D eigenvalue weighted by molar-refractivity contribution is 0.0953. The number of rotatable bonds is 7. The van der Waals surface area contributed by atoms with E-state index in [-0.39, 0.29) is 12.2 Å². The number of hydrogen-bond acceptors (Lipinski definition) is 6. The number of nitrogens with zero attached hydrogens (tertiary/aromatic N) is 4. The zero-order valence-corrected chi connectivity index (χ0v) is 19.0. The number of ether oxygens (including phenoxy) is 2. The fourth-order valence-corrected chi connectivity index (χ4v) is 5.34. The summed E-state index contributed by atoms with van der Waals surface area (Å²) in [5.74, 6) is 2.36. The van der Waals surface area contributed by atoms with Crippen LogP contribution in [-0.4, -0.2) is 56.8 Å². The summed E-state index contributed by atoms with van der Waals surface area (Å²) in [7, 11) is 0. The lowest BCUT2D eigenvalue weighted by Gasteiger charge is -2.15. The Bertz CT molecular complexity index is 1280. The number of nitrogens with one attached hydrogen (secondary N) is 1. The minimum Gasteiger partial charge on any atom is -0.471 e. The van der Waals surface area contributed by atoms with E-state index in [2.05, 4.69) is 42.9 Å². The summed E-state index contributed by atoms with van der Waals surface area (Å²) >= 11 is 1.67. The fraction of sp³-hybridized carbons (Fsp3) is 0.320. The normalized spacial score (nSPS) is 20.3. The second-order valence-corrected chi connectivity index (χ2v) is 9.35. The number of thioether (sulfide) groups is 1. The van der Waals surface area contributed by atoms with Crippen LogP contribution in [0.5, 0.6) is 0 Å². The van der Waals surface area contributed by atoms with E-state index in [1.807, 2.05) is 42.6 Å². The molecule has 2 aliphatic rings. The van der Waals surface area contributed by atoms with Gasteiger partial charge in [-0.05, 0) is 31.0 Å². The van der Waals surface area contributed by atoms with Crippen molar-refractivity contribution in [2.24, 2.45) is 4.99 Å². The Balaban J connectivity index is 1.22. The third-order valence-electron chi connectivity index (χ3n) is 6.09. The van der Waals surface area contributed by atoms with Crippen molar-refractivity contribution in [3.8, 4) is 11.4 Å². The lowest BCUT2D eigenvalue weighted by Crippen LogP contribution is -2.19. The molecular weight excluding hydrogens is 434 g/mol. The Kier molecular flexibility index (Phi) is 5.61. The maximum Gasteiger partial charge on any atom is 0.216 e. The number of aromatic amines is 1. The van der Waals surface area contributed by atoms with Gasteiger partial charge in [0.1, 0.15) is 6.10 Å². The minimum absolute atomic E-state index is 0.0228. The van der Waals surface area contributed by atoms with Gasteiger partial charge in [-0.3, -0.25) is 4.57 Å². The predicted octanol–water partition coefficient (Wildman–Crippen LogP) is 4.54. The molecule has 33 heavy (non-hydrogen) atoms. The number of benzene rings is 2. The van der Waals surface area contributed by atoms with Crippen molar-refractivity contribution < 1.29 is 9.47 Å². The van der Waals surface area contributed by atoms with Gasteiger partial charge in [-0.1, -0.05) is 48.2 Å². The van der Waals surface area contributed by atoms with Crippen LogP contribution in [0.1, 0.15) is 18.4 Å². The van der Waals surface area contributed by atoms with Crippen LogP contribution < -0.4 is 0 Å². The molecule has 1 fully saturated rings. The van der Waals surface area contributed by atoms with E-state index in [1.165, 1.54) is 0 Å². The average molecular weight is 460 g/mol. The average Bonchev–Trinajstić information content (AvgIpc) is 3.66. The highest BCUT2D eigenvalue weighted by molar-refractivity contribution is 7.99. The van der Waals surface area contributed by atoms with E-state index >= 15 is 0 Å². The van der Waals surface area contributed by atoms with Crippen molar-refractivity contribution in [2.45, 2.75) is 36.8 Å². The molecule has 0 radical (unpaired) electrons. The molecule has 2 aliphatic heterocycles. The zero-order valence-electron chi connectivity index (χ0n) is 18.2. The molecule has 0 spiro atoms. The van der Waals surface area contributed by atoms with Gasteiger partial charge in [0.25, 0.3) is 0 Å². The molecule has 4 aromatic rings. The first-order valence-electron chi connectivity index (χ1n) is 11.4. The Morgan fingerprint density at radius 3 is 2.79 bits per heavy atom. The van der Waals surface area contributed by atoms with E-state index in [1.54, 1.807) is 11.8 Å². The summed E-state index contributed by atoms with van der Waals surface area (Å²) in [4.78, 5) is 7.96. The molecule has 168 valence electrons. The van der Waals surface area contributed by atoms with Crippen LogP contribution in [-0.2, 0) is 16.0 Å². The van der Waals surface area contributed by atoms with E-state index < -0.39 is 0 Å². The molecule has 6 rings (SSSR count). The van der Waals surface area contributed by atoms with Gasteiger partial charge in [0.05, 0.1) is 19.2 Å². The van der Waals surface area contributed by atoms with Crippen molar-refractivity contribution >= 4 is 28.6 Å². The number of para-hydroxylation sites is 1. The Labute approximate surface area is 196 Å². The standard InChI is InChI=1S/C25H25N5O2S/c1-2-7-17(8-3-1)24-27-13-19(32-24)16-33-25-29-28-23(30(25)15-18-9-6-12-31-18)21-14-26-22-11-5-4-10-20(21)22/h1-5,7-8,10-11,14,18-19,26H,6,9,12-13,15-16H2/t18-,19+/m1/s1. The maximum absolute atomic E-state index is 6.12. The Morgan fingerprint density at radius 1 is 1.03 bits per heavy atom. The highest BCUT2D eigenvalue weighted by Gasteiger charge is 2.26. The van der Waals surface area contributed by atoms with Crippen LogP contribution in [0.3, 0.4) is 0 Å². The van der Waals surface area contributed by atoms with E-state index in [9.17, 15) is 0 Å². The number of H-pyrrole nitrogens is 1. The van der Waals surface area contributed by atoms with Crippen molar-refractivity contribution in [1.29, 1.82) is 0 Å². The predicted molar refractivity (Wildman–Crippen MR) is 130 cm³/mol. The van der Waals surface area contributed by atoms with E-state index in [0.29, 0.717) is 6.54 Å². The summed E-state index contributed by atoms with van der Waals surface area (Å²) < 4.78 is 14.3. The molecule has 7 nitrogen and oxygen atoms in total. The summed E-state index contributed by atoms with van der Waals surface area (Å²) in [6.07, 6.45) is 4.41. The van der Waals surface area contributed by atoms with Crippen molar-refractivity contribution in [3.05, 3.63) is 66.4 Å². The number of aromatic nitrogens is 4. The molecule has 0 aliphatic carbocycles. The molecule has 0 unspecified atom stereocenters. The Hall–Kier alpha value is -3.10. The molecule has 2 atom stereocenters. The van der Waals surface area contributed by atoms with E-state index in [4.69, 9.17) is 9.47 Å². The van der Waals surface area contributed by atoms with Crippen LogP contribution in [0.25, 0.3) is 22.3 Å². The minimum atomic E-state index is 0.0228. The fourth-order valence-electron chi connectivity index (χ4n) is 4.42. The highest BCUT2D eigenvalue weighted by Crippen LogP contribution is 2.32. The number of hydrogen-bond donors (Lipinski definition) is 1. The van der Waals surface area contributed by atoms with Crippen LogP contribution in [0, 0.1) is 0 Å². The first-order valence-corrected chi connectivity index (χ1v) is 12.3. The van der Waals surface area contributed by atoms with Gasteiger partial charge in [-0.2, -0.15) is 0 Å². The first-order chi connectivity index (χ1) is 16.3. The zero-order chi connectivity index (χ0) is 22.0. The monoisotopic (exact) mass is 459 g/mol. The van der Waals surface area contributed by atoms with Gasteiger partial charge in [0.2, 0.25) is 5.90 Å². The van der Waals surface area contributed by atoms with Crippen LogP contribution in [0.2, 0.25) is 0 Å². The summed E-state index contributed by atoms with van der Waals surface area (Å²) in [6, 6.07) is 18.3. The number of aliphatic imine (C=N–C) groups is 1. The van der Waals surface area contributed by atoms with Gasteiger partial charge in [0, 0.05) is 40.6 Å². The quantitative estimate of drug-likeness (QED) is 0.411. The largest absolute Gasteiger partial charge is 0.471 e. The molecule has 1 N–H and O–H groups in total. The van der Waals surface area contributed by atoms with Gasteiger partial charge >= 0.3 is 0 Å². The van der Waals surface area contributed by atoms with Crippen LogP contribution in [0.15, 0.2) is 70.9 Å². The lowest BCUT2D eigenvalue weighted by atomic mass is 10.1. The molecule has 2 aromatic heterocycles. The topological polar surface area (TPSA) is 77.3 Å². The molecule has 0 amide bonds. The smallest absolute Gasteiger partial charge is 0.216 e. The van der Waals surface area contributed by atoms with E-state index in [0.717, 1.165) is 70.7 Å². The molecule has 8 heteroatoms. The van der Waals surface area contributed by atoms with Crippen molar-refractivity contribution in [3.63, 3.8) is 0 Å². The van der Waals surface area contributed by atoms with Crippen LogP contribution >= 0.6 is 11.8 Å². The van der Waals surface area contributed by atoms with Gasteiger partial charge in [-0.25, -0.2) is 4.99 Å². The molecule has 0 saturated carbocycles. The second kappa shape index (κ2) is 9.03. The third-order valence-corrected chi connectivity index (χ3v) is 7.19.